The zero-order chi connectivity index (χ0) is 15.5. The minimum Gasteiger partial charge on any atom is -0.331 e. The van der Waals surface area contributed by atoms with Crippen molar-refractivity contribution in [3.05, 3.63) is 29.8 Å². The van der Waals surface area contributed by atoms with Crippen LogP contribution in [0.15, 0.2) is 24.3 Å². The zero-order valence-corrected chi connectivity index (χ0v) is 14.6. The van der Waals surface area contributed by atoms with Crippen LogP contribution in [0.3, 0.4) is 0 Å². The molecule has 1 saturated heterocycles. The number of nitrogens with zero attached hydrogens (tertiary/aromatic N) is 1. The number of anilines is 1. The number of carbonyl (C=O) groups is 1. The van der Waals surface area contributed by atoms with Crippen molar-refractivity contribution in [1.82, 2.24) is 4.90 Å². The smallest absolute Gasteiger partial charge is 0.240 e. The Bertz CT molecular complexity index is 601. The van der Waals surface area contributed by atoms with Gasteiger partial charge in [0.25, 0.3) is 0 Å². The number of benzene rings is 1. The second-order valence-corrected chi connectivity index (χ2v) is 7.84. The molecule has 0 aliphatic carbocycles. The maximum atomic E-state index is 12.1. The number of nitrogens with one attached hydrogen (secondary N) is 1. The molecule has 6 nitrogen and oxygen atoms in total. The van der Waals surface area contributed by atoms with E-state index in [1.165, 1.54) is 0 Å². The van der Waals surface area contributed by atoms with Crippen LogP contribution in [0.5, 0.6) is 0 Å². The summed E-state index contributed by atoms with van der Waals surface area (Å²) in [4.78, 5) is 13.9. The minimum absolute atomic E-state index is 0. The highest BCUT2D eigenvalue weighted by atomic mass is 35.5. The Labute approximate surface area is 141 Å². The molecule has 124 valence electrons. The molecule has 0 radical (unpaired) electrons. The molecule has 1 heterocycles. The summed E-state index contributed by atoms with van der Waals surface area (Å²) < 4.78 is 24.6. The van der Waals surface area contributed by atoms with E-state index in [-0.39, 0.29) is 18.3 Å². The molecule has 22 heavy (non-hydrogen) atoms. The molecule has 0 saturated carbocycles. The van der Waals surface area contributed by atoms with E-state index < -0.39 is 16.1 Å². The molecule has 1 aliphatic heterocycles. The Morgan fingerprint density at radius 1 is 1.41 bits per heavy atom. The minimum atomic E-state index is -3.28. The van der Waals surface area contributed by atoms with Crippen molar-refractivity contribution in [2.24, 2.45) is 5.73 Å². The van der Waals surface area contributed by atoms with Gasteiger partial charge in [0.1, 0.15) is 0 Å². The first-order valence-corrected chi connectivity index (χ1v) is 9.58. The van der Waals surface area contributed by atoms with Gasteiger partial charge in [0.2, 0.25) is 15.9 Å². The van der Waals surface area contributed by atoms with Crippen LogP contribution in [0.1, 0.15) is 5.56 Å². The fourth-order valence-corrected chi connectivity index (χ4v) is 3.61. The molecule has 1 fully saturated rings. The lowest BCUT2D eigenvalue weighted by Gasteiger charge is -2.19. The summed E-state index contributed by atoms with van der Waals surface area (Å²) in [5.41, 5.74) is 7.36. The molecular weight excluding hydrogens is 346 g/mol. The van der Waals surface area contributed by atoms with Crippen molar-refractivity contribution < 1.29 is 13.2 Å². The summed E-state index contributed by atoms with van der Waals surface area (Å²) in [7, 11) is -3.28. The maximum absolute atomic E-state index is 12.1. The standard InChI is InChI=1S/C13H19N3O3S2.ClH/c1-21(18,19)15-11-4-2-10(3-5-11)8-12(14)13(17)16-6-7-20-9-16;/h2-5,12,15H,6-9,14H2,1H3;1H/t12-;/m0./s1. The molecule has 1 amide bonds. The summed E-state index contributed by atoms with van der Waals surface area (Å²) in [5, 5.41) is 0. The summed E-state index contributed by atoms with van der Waals surface area (Å²) in [6.45, 7) is 0.758. The first-order valence-electron chi connectivity index (χ1n) is 6.54. The van der Waals surface area contributed by atoms with Crippen molar-refractivity contribution in [2.45, 2.75) is 12.5 Å². The summed E-state index contributed by atoms with van der Waals surface area (Å²) in [6.07, 6.45) is 1.54. The van der Waals surface area contributed by atoms with Crippen LogP contribution in [0.2, 0.25) is 0 Å². The largest absolute Gasteiger partial charge is 0.331 e. The second kappa shape index (κ2) is 8.05. The van der Waals surface area contributed by atoms with Crippen LogP contribution in [0, 0.1) is 0 Å². The highest BCUT2D eigenvalue weighted by Gasteiger charge is 2.23. The van der Waals surface area contributed by atoms with Crippen LogP contribution < -0.4 is 10.5 Å². The van der Waals surface area contributed by atoms with Crippen LogP contribution >= 0.6 is 24.2 Å². The predicted molar refractivity (Wildman–Crippen MR) is 92.9 cm³/mol. The Kier molecular flexibility index (Phi) is 6.98. The Morgan fingerprint density at radius 3 is 2.55 bits per heavy atom. The van der Waals surface area contributed by atoms with E-state index in [1.807, 2.05) is 0 Å². The van der Waals surface area contributed by atoms with Crippen molar-refractivity contribution in [3.63, 3.8) is 0 Å². The summed E-state index contributed by atoms with van der Waals surface area (Å²) in [6, 6.07) is 6.33. The van der Waals surface area contributed by atoms with Gasteiger partial charge in [-0.2, -0.15) is 0 Å². The molecule has 9 heteroatoms. The molecule has 0 unspecified atom stereocenters. The topological polar surface area (TPSA) is 92.5 Å². The number of carbonyl (C=O) groups excluding carboxylic acids is 1. The number of hydrogen-bond donors (Lipinski definition) is 2. The van der Waals surface area contributed by atoms with Gasteiger partial charge in [-0.1, -0.05) is 12.1 Å². The number of rotatable bonds is 5. The lowest BCUT2D eigenvalue weighted by Crippen LogP contribution is -2.43. The number of thioether (sulfide) groups is 1. The maximum Gasteiger partial charge on any atom is 0.240 e. The first kappa shape index (κ1) is 19.1. The molecule has 1 aromatic rings. The van der Waals surface area contributed by atoms with E-state index in [0.29, 0.717) is 18.0 Å². The Hall–Kier alpha value is -0.960. The highest BCUT2D eigenvalue weighted by Crippen LogP contribution is 2.16. The van der Waals surface area contributed by atoms with Gasteiger partial charge in [0.15, 0.2) is 0 Å². The molecular formula is C13H20ClN3O3S2. The molecule has 1 atom stereocenters. The van der Waals surface area contributed by atoms with Gasteiger partial charge in [-0.3, -0.25) is 9.52 Å². The fraction of sp³-hybridized carbons (Fsp3) is 0.462. The molecule has 1 aliphatic rings. The summed E-state index contributed by atoms with van der Waals surface area (Å²) in [5.74, 6) is 1.65. The quantitative estimate of drug-likeness (QED) is 0.808. The predicted octanol–water partition coefficient (Wildman–Crippen LogP) is 0.883. The van der Waals surface area contributed by atoms with E-state index >= 15 is 0 Å². The zero-order valence-electron chi connectivity index (χ0n) is 12.2. The highest BCUT2D eigenvalue weighted by molar-refractivity contribution is 7.99. The average molecular weight is 366 g/mol. The average Bonchev–Trinajstić information content (AvgIpc) is 2.92. The number of hydrogen-bond acceptors (Lipinski definition) is 5. The number of nitrogens with two attached hydrogens (primary N) is 1. The van der Waals surface area contributed by atoms with Crippen molar-refractivity contribution >= 4 is 45.8 Å². The van der Waals surface area contributed by atoms with Gasteiger partial charge in [-0.25, -0.2) is 8.42 Å². The van der Waals surface area contributed by atoms with Gasteiger partial charge >= 0.3 is 0 Å². The van der Waals surface area contributed by atoms with Crippen molar-refractivity contribution in [1.29, 1.82) is 0 Å². The first-order chi connectivity index (χ1) is 9.85. The van der Waals surface area contributed by atoms with E-state index in [2.05, 4.69) is 4.72 Å². The van der Waals surface area contributed by atoms with Crippen molar-refractivity contribution in [2.75, 3.05) is 29.2 Å². The van der Waals surface area contributed by atoms with E-state index in [0.717, 1.165) is 24.1 Å². The third-order valence-electron chi connectivity index (χ3n) is 3.09. The van der Waals surface area contributed by atoms with E-state index in [9.17, 15) is 13.2 Å². The molecule has 0 bridgehead atoms. The number of sulfonamides is 1. The van der Waals surface area contributed by atoms with Crippen LogP contribution in [0.25, 0.3) is 0 Å². The normalized spacial score (nSPS) is 16.0. The third kappa shape index (κ3) is 5.68. The lowest BCUT2D eigenvalue weighted by molar-refractivity contribution is -0.131. The van der Waals surface area contributed by atoms with Gasteiger partial charge in [-0.15, -0.1) is 24.2 Å². The molecule has 3 N–H and O–H groups in total. The molecule has 2 rings (SSSR count). The van der Waals surface area contributed by atoms with Crippen LogP contribution in [-0.4, -0.2) is 49.7 Å². The Balaban J connectivity index is 0.00000242. The monoisotopic (exact) mass is 365 g/mol. The summed E-state index contributed by atoms with van der Waals surface area (Å²) >= 11 is 1.73. The van der Waals surface area contributed by atoms with Gasteiger partial charge in [0.05, 0.1) is 18.2 Å². The molecule has 0 spiro atoms. The van der Waals surface area contributed by atoms with Crippen molar-refractivity contribution in [3.8, 4) is 0 Å². The van der Waals surface area contributed by atoms with E-state index in [1.54, 1.807) is 40.9 Å². The SMILES string of the molecule is CS(=O)(=O)Nc1ccc(C[C@H](N)C(=O)N2CCSC2)cc1.Cl. The Morgan fingerprint density at radius 2 is 2.05 bits per heavy atom. The van der Waals surface area contributed by atoms with Gasteiger partial charge in [-0.05, 0) is 24.1 Å². The van der Waals surface area contributed by atoms with Gasteiger partial charge < -0.3 is 10.6 Å². The second-order valence-electron chi connectivity index (χ2n) is 5.02. The number of halogens is 1. The third-order valence-corrected chi connectivity index (χ3v) is 4.67. The lowest BCUT2D eigenvalue weighted by atomic mass is 10.1. The van der Waals surface area contributed by atoms with Crippen LogP contribution in [0.4, 0.5) is 5.69 Å². The van der Waals surface area contributed by atoms with E-state index in [4.69, 9.17) is 5.73 Å². The van der Waals surface area contributed by atoms with Crippen LogP contribution in [-0.2, 0) is 21.2 Å². The molecule has 1 aromatic carbocycles. The number of amides is 1. The fourth-order valence-electron chi connectivity index (χ4n) is 2.09. The molecule has 0 aromatic heterocycles. The van der Waals surface area contributed by atoms with Gasteiger partial charge in [0, 0.05) is 18.0 Å².